The molecule has 2 atom stereocenters. The summed E-state index contributed by atoms with van der Waals surface area (Å²) in [6.07, 6.45) is 7.55. The first-order chi connectivity index (χ1) is 4.21. The van der Waals surface area contributed by atoms with E-state index in [1.807, 2.05) is 0 Å². The highest BCUT2D eigenvalue weighted by molar-refractivity contribution is 5.12. The van der Waals surface area contributed by atoms with Crippen LogP contribution in [0.15, 0.2) is 12.2 Å². The van der Waals surface area contributed by atoms with Crippen LogP contribution in [0.5, 0.6) is 0 Å². The average molecular weight is 122 g/mol. The zero-order valence-corrected chi connectivity index (χ0v) is 6.22. The van der Waals surface area contributed by atoms with Crippen molar-refractivity contribution >= 4 is 0 Å². The van der Waals surface area contributed by atoms with E-state index in [1.165, 1.54) is 12.8 Å². The Morgan fingerprint density at radius 2 is 2.22 bits per heavy atom. The summed E-state index contributed by atoms with van der Waals surface area (Å²) in [5.41, 5.74) is 0.648. The van der Waals surface area contributed by atoms with Crippen molar-refractivity contribution in [2.24, 2.45) is 17.3 Å². The van der Waals surface area contributed by atoms with Gasteiger partial charge in [0, 0.05) is 0 Å². The predicted octanol–water partition coefficient (Wildman–Crippen LogP) is 2.61. The predicted molar refractivity (Wildman–Crippen MR) is 39.1 cm³/mol. The van der Waals surface area contributed by atoms with Gasteiger partial charge in [-0.05, 0) is 30.1 Å². The maximum Gasteiger partial charge on any atom is -0.0176 e. The maximum atomic E-state index is 2.40. The highest BCUT2D eigenvalue weighted by Gasteiger charge is 2.47. The van der Waals surface area contributed by atoms with E-state index in [2.05, 4.69) is 26.0 Å². The van der Waals surface area contributed by atoms with Gasteiger partial charge in [-0.25, -0.2) is 0 Å². The smallest absolute Gasteiger partial charge is 0.0176 e. The Hall–Kier alpha value is -0.260. The molecule has 0 aromatic heterocycles. The molecule has 3 aliphatic carbocycles. The minimum Gasteiger partial charge on any atom is -0.0879 e. The highest BCUT2D eigenvalue weighted by Crippen LogP contribution is 2.56. The summed E-state index contributed by atoms with van der Waals surface area (Å²) in [6.45, 7) is 4.80. The van der Waals surface area contributed by atoms with Gasteiger partial charge in [0.15, 0.2) is 0 Å². The molecule has 1 saturated carbocycles. The molecule has 0 heterocycles. The Balaban J connectivity index is 2.27. The molecule has 0 aromatic rings. The van der Waals surface area contributed by atoms with Crippen LogP contribution in [-0.2, 0) is 0 Å². The van der Waals surface area contributed by atoms with E-state index in [-0.39, 0.29) is 0 Å². The zero-order valence-electron chi connectivity index (χ0n) is 6.22. The normalized spacial score (nSPS) is 44.2. The van der Waals surface area contributed by atoms with Crippen molar-refractivity contribution in [3.8, 4) is 0 Å². The highest BCUT2D eigenvalue weighted by atomic mass is 14.5. The first-order valence-corrected chi connectivity index (χ1v) is 3.88. The van der Waals surface area contributed by atoms with Gasteiger partial charge in [0.05, 0.1) is 0 Å². The fourth-order valence-electron chi connectivity index (χ4n) is 2.19. The third kappa shape index (κ3) is 0.540. The molecule has 0 spiro atoms. The van der Waals surface area contributed by atoms with Gasteiger partial charge >= 0.3 is 0 Å². The summed E-state index contributed by atoms with van der Waals surface area (Å²) in [7, 11) is 0. The molecule has 0 unspecified atom stereocenters. The largest absolute Gasteiger partial charge is 0.0879 e. The fourth-order valence-corrected chi connectivity index (χ4v) is 2.19. The maximum absolute atomic E-state index is 2.40. The second kappa shape index (κ2) is 1.42. The Kier molecular flexibility index (Phi) is 0.870. The summed E-state index contributed by atoms with van der Waals surface area (Å²) in [5, 5.41) is 0. The van der Waals surface area contributed by atoms with Crippen molar-refractivity contribution in [2.45, 2.75) is 26.7 Å². The van der Waals surface area contributed by atoms with Crippen LogP contribution in [0.4, 0.5) is 0 Å². The monoisotopic (exact) mass is 122 g/mol. The molecule has 3 rings (SSSR count). The van der Waals surface area contributed by atoms with Crippen LogP contribution < -0.4 is 0 Å². The van der Waals surface area contributed by atoms with Gasteiger partial charge in [-0.1, -0.05) is 26.0 Å². The molecule has 0 aromatic carbocycles. The lowest BCUT2D eigenvalue weighted by atomic mass is 9.51. The Labute approximate surface area is 57.0 Å². The number of rotatable bonds is 0. The first-order valence-electron chi connectivity index (χ1n) is 3.88. The van der Waals surface area contributed by atoms with E-state index in [1.54, 1.807) is 0 Å². The van der Waals surface area contributed by atoms with E-state index in [4.69, 9.17) is 0 Å². The lowest BCUT2D eigenvalue weighted by Gasteiger charge is -2.53. The lowest BCUT2D eigenvalue weighted by Crippen LogP contribution is -2.45. The standard InChI is InChI=1S/C9H14/c1-9(2)7-4-3-5-8(9)6-7/h3-4,7-8H,5-6H2,1-2H3/t7-,8+/m0/s1. The van der Waals surface area contributed by atoms with Crippen molar-refractivity contribution < 1.29 is 0 Å². The second-order valence-corrected chi connectivity index (χ2v) is 4.02. The molecule has 0 aliphatic heterocycles. The fraction of sp³-hybridized carbons (Fsp3) is 0.778. The molecule has 0 amide bonds. The molecule has 0 heteroatoms. The topological polar surface area (TPSA) is 0 Å². The molecule has 0 N–H and O–H groups in total. The molecule has 0 saturated heterocycles. The van der Waals surface area contributed by atoms with E-state index in [9.17, 15) is 0 Å². The quantitative estimate of drug-likeness (QED) is 0.433. The van der Waals surface area contributed by atoms with E-state index >= 15 is 0 Å². The summed E-state index contributed by atoms with van der Waals surface area (Å²) in [4.78, 5) is 0. The summed E-state index contributed by atoms with van der Waals surface area (Å²) in [5.74, 6) is 1.92. The van der Waals surface area contributed by atoms with E-state index in [0.29, 0.717) is 5.41 Å². The van der Waals surface area contributed by atoms with Crippen molar-refractivity contribution in [3.05, 3.63) is 12.2 Å². The molecular formula is C9H14. The van der Waals surface area contributed by atoms with Crippen LogP contribution in [-0.4, -0.2) is 0 Å². The van der Waals surface area contributed by atoms with E-state index in [0.717, 1.165) is 11.8 Å². The second-order valence-electron chi connectivity index (χ2n) is 4.02. The molecule has 1 fully saturated rings. The average Bonchev–Trinajstić information content (AvgIpc) is 1.89. The molecule has 0 radical (unpaired) electrons. The SMILES string of the molecule is CC1(C)[C@@H]2CC=C[C@H]1C2. The van der Waals surface area contributed by atoms with Gasteiger partial charge < -0.3 is 0 Å². The van der Waals surface area contributed by atoms with Gasteiger partial charge in [-0.3, -0.25) is 0 Å². The third-order valence-electron chi connectivity index (χ3n) is 3.34. The van der Waals surface area contributed by atoms with E-state index < -0.39 is 0 Å². The van der Waals surface area contributed by atoms with Crippen LogP contribution in [0.25, 0.3) is 0 Å². The zero-order chi connectivity index (χ0) is 6.48. The van der Waals surface area contributed by atoms with Crippen LogP contribution in [0.3, 0.4) is 0 Å². The summed E-state index contributed by atoms with van der Waals surface area (Å²) >= 11 is 0. The Morgan fingerprint density at radius 1 is 1.44 bits per heavy atom. The first kappa shape index (κ1) is 5.52. The van der Waals surface area contributed by atoms with Crippen LogP contribution >= 0.6 is 0 Å². The minimum absolute atomic E-state index is 0.648. The van der Waals surface area contributed by atoms with Gasteiger partial charge in [0.2, 0.25) is 0 Å². The van der Waals surface area contributed by atoms with Crippen LogP contribution in [0.1, 0.15) is 26.7 Å². The van der Waals surface area contributed by atoms with Crippen molar-refractivity contribution in [1.82, 2.24) is 0 Å². The lowest BCUT2D eigenvalue weighted by molar-refractivity contribution is 0.00320. The van der Waals surface area contributed by atoms with Crippen LogP contribution in [0.2, 0.25) is 0 Å². The molecular weight excluding hydrogens is 108 g/mol. The van der Waals surface area contributed by atoms with Crippen LogP contribution in [0, 0.1) is 17.3 Å². The molecule has 9 heavy (non-hydrogen) atoms. The van der Waals surface area contributed by atoms with Gasteiger partial charge in [-0.2, -0.15) is 0 Å². The summed E-state index contributed by atoms with van der Waals surface area (Å²) in [6, 6.07) is 0. The molecule has 3 aliphatic rings. The summed E-state index contributed by atoms with van der Waals surface area (Å²) < 4.78 is 0. The number of allylic oxidation sites excluding steroid dienone is 2. The van der Waals surface area contributed by atoms with Crippen molar-refractivity contribution in [2.75, 3.05) is 0 Å². The van der Waals surface area contributed by atoms with Gasteiger partial charge in [0.25, 0.3) is 0 Å². The Bertz CT molecular complexity index is 153. The van der Waals surface area contributed by atoms with Crippen molar-refractivity contribution in [3.63, 3.8) is 0 Å². The Morgan fingerprint density at radius 3 is 2.44 bits per heavy atom. The molecule has 0 nitrogen and oxygen atoms in total. The molecule has 2 bridgehead atoms. The number of fused-ring (bicyclic) bond motifs is 1. The van der Waals surface area contributed by atoms with Gasteiger partial charge in [0.1, 0.15) is 0 Å². The number of hydrogen-bond acceptors (Lipinski definition) is 0. The van der Waals surface area contributed by atoms with Gasteiger partial charge in [-0.15, -0.1) is 0 Å². The molecule has 50 valence electrons. The number of hydrogen-bond donors (Lipinski definition) is 0. The third-order valence-corrected chi connectivity index (χ3v) is 3.34. The minimum atomic E-state index is 0.648. The van der Waals surface area contributed by atoms with Crippen molar-refractivity contribution in [1.29, 1.82) is 0 Å².